The molecular formula is C26H22N4O3. The van der Waals surface area contributed by atoms with Gasteiger partial charge in [-0.3, -0.25) is 9.97 Å². The number of carbonyl (C=O) groups is 1. The van der Waals surface area contributed by atoms with Crippen LogP contribution in [0.15, 0.2) is 85.5 Å². The first kappa shape index (κ1) is 20.5. The maximum absolute atomic E-state index is 11.4. The van der Waals surface area contributed by atoms with Crippen LogP contribution in [-0.4, -0.2) is 38.8 Å². The monoisotopic (exact) mass is 438 g/mol. The Kier molecular flexibility index (Phi) is 5.59. The maximum atomic E-state index is 11.4. The van der Waals surface area contributed by atoms with E-state index < -0.39 is 12.1 Å². The number of hydrogen-bond donors (Lipinski definition) is 3. The van der Waals surface area contributed by atoms with Gasteiger partial charge >= 0.3 is 6.09 Å². The van der Waals surface area contributed by atoms with Crippen molar-refractivity contribution in [2.45, 2.75) is 12.5 Å². The summed E-state index contributed by atoms with van der Waals surface area (Å²) in [5.41, 5.74) is 5.05. The first-order valence-electron chi connectivity index (χ1n) is 10.6. The molecule has 164 valence electrons. The number of carboxylic acid groups (broad SMARTS) is 1. The first-order chi connectivity index (χ1) is 16.2. The SMILES string of the molecule is O=C(O)N[C@H](COc1cnc2ccc(-c3ccncc3)cc2c1)Cc1c[nH]c2ccccc12. The Bertz CT molecular complexity index is 1420. The standard InChI is InChI=1S/C26H22N4O3/c31-26(32)30-21(12-20-14-28-25-4-2-1-3-23(20)25)16-33-22-13-19-11-18(5-6-24(19)29-15-22)17-7-9-27-10-8-17/h1-11,13-15,21,28,30H,12,16H2,(H,31,32)/t21-/m0/s1. The van der Waals surface area contributed by atoms with Crippen LogP contribution < -0.4 is 10.1 Å². The van der Waals surface area contributed by atoms with Crippen molar-refractivity contribution in [3.8, 4) is 16.9 Å². The molecule has 0 unspecified atom stereocenters. The molecule has 0 saturated carbocycles. The summed E-state index contributed by atoms with van der Waals surface area (Å²) in [4.78, 5) is 23.2. The number of para-hydroxylation sites is 1. The number of hydrogen-bond acceptors (Lipinski definition) is 4. The number of benzene rings is 2. The second-order valence-electron chi connectivity index (χ2n) is 7.84. The van der Waals surface area contributed by atoms with Crippen LogP contribution in [-0.2, 0) is 6.42 Å². The van der Waals surface area contributed by atoms with Crippen LogP contribution in [0.3, 0.4) is 0 Å². The van der Waals surface area contributed by atoms with Crippen molar-refractivity contribution in [1.82, 2.24) is 20.3 Å². The number of ether oxygens (including phenoxy) is 1. The number of nitrogens with zero attached hydrogens (tertiary/aromatic N) is 2. The van der Waals surface area contributed by atoms with Crippen LogP contribution in [0.5, 0.6) is 5.75 Å². The van der Waals surface area contributed by atoms with Gasteiger partial charge in [0.15, 0.2) is 0 Å². The molecule has 33 heavy (non-hydrogen) atoms. The molecule has 3 heterocycles. The minimum Gasteiger partial charge on any atom is -0.490 e. The van der Waals surface area contributed by atoms with Crippen molar-refractivity contribution < 1.29 is 14.6 Å². The van der Waals surface area contributed by atoms with Gasteiger partial charge in [0.2, 0.25) is 0 Å². The van der Waals surface area contributed by atoms with E-state index >= 15 is 0 Å². The van der Waals surface area contributed by atoms with Crippen molar-refractivity contribution >= 4 is 27.9 Å². The normalized spacial score (nSPS) is 12.0. The summed E-state index contributed by atoms with van der Waals surface area (Å²) in [6, 6.07) is 19.4. The van der Waals surface area contributed by atoms with Gasteiger partial charge in [0, 0.05) is 34.9 Å². The molecule has 0 bridgehead atoms. The van der Waals surface area contributed by atoms with Crippen molar-refractivity contribution in [2.24, 2.45) is 0 Å². The third-order valence-electron chi connectivity index (χ3n) is 5.59. The molecule has 0 spiro atoms. The lowest BCUT2D eigenvalue weighted by Crippen LogP contribution is -2.39. The second-order valence-corrected chi connectivity index (χ2v) is 7.84. The number of rotatable bonds is 7. The minimum atomic E-state index is -1.08. The summed E-state index contributed by atoms with van der Waals surface area (Å²) in [7, 11) is 0. The first-order valence-corrected chi connectivity index (χ1v) is 10.6. The Morgan fingerprint density at radius 1 is 1.06 bits per heavy atom. The fourth-order valence-corrected chi connectivity index (χ4v) is 4.00. The zero-order valence-corrected chi connectivity index (χ0v) is 17.7. The van der Waals surface area contributed by atoms with Gasteiger partial charge in [-0.25, -0.2) is 4.79 Å². The lowest BCUT2D eigenvalue weighted by Gasteiger charge is -2.17. The maximum Gasteiger partial charge on any atom is 0.405 e. The molecule has 5 rings (SSSR count). The molecule has 7 heteroatoms. The number of amides is 1. The highest BCUT2D eigenvalue weighted by Gasteiger charge is 2.16. The summed E-state index contributed by atoms with van der Waals surface area (Å²) < 4.78 is 5.98. The van der Waals surface area contributed by atoms with Crippen LogP contribution in [0, 0.1) is 0 Å². The smallest absolute Gasteiger partial charge is 0.405 e. The lowest BCUT2D eigenvalue weighted by molar-refractivity contribution is 0.181. The number of fused-ring (bicyclic) bond motifs is 2. The number of nitrogens with one attached hydrogen (secondary N) is 2. The summed E-state index contributed by atoms with van der Waals surface area (Å²) in [5, 5.41) is 13.9. The largest absolute Gasteiger partial charge is 0.490 e. The van der Waals surface area contributed by atoms with Crippen molar-refractivity contribution in [3.05, 3.63) is 91.0 Å². The summed E-state index contributed by atoms with van der Waals surface area (Å²) in [5.74, 6) is 0.588. The Morgan fingerprint density at radius 3 is 2.76 bits per heavy atom. The van der Waals surface area contributed by atoms with E-state index in [1.54, 1.807) is 18.6 Å². The summed E-state index contributed by atoms with van der Waals surface area (Å²) in [6.07, 6.45) is 6.53. The third-order valence-corrected chi connectivity index (χ3v) is 5.59. The second kappa shape index (κ2) is 9.00. The highest BCUT2D eigenvalue weighted by molar-refractivity contribution is 5.85. The van der Waals surface area contributed by atoms with Gasteiger partial charge in [-0.05, 0) is 59.5 Å². The summed E-state index contributed by atoms with van der Waals surface area (Å²) >= 11 is 0. The zero-order valence-electron chi connectivity index (χ0n) is 17.7. The predicted octanol–water partition coefficient (Wildman–Crippen LogP) is 5.04. The molecule has 0 aliphatic heterocycles. The van der Waals surface area contributed by atoms with Gasteiger partial charge in [-0.1, -0.05) is 24.3 Å². The number of aromatic nitrogens is 3. The molecule has 2 aromatic carbocycles. The lowest BCUT2D eigenvalue weighted by atomic mass is 10.0. The molecule has 0 radical (unpaired) electrons. The van der Waals surface area contributed by atoms with E-state index in [4.69, 9.17) is 4.74 Å². The fraction of sp³-hybridized carbons (Fsp3) is 0.115. The highest BCUT2D eigenvalue weighted by Crippen LogP contribution is 2.26. The highest BCUT2D eigenvalue weighted by atomic mass is 16.5. The predicted molar refractivity (Wildman–Crippen MR) is 127 cm³/mol. The van der Waals surface area contributed by atoms with Crippen LogP contribution in [0.2, 0.25) is 0 Å². The topological polar surface area (TPSA) is 100 Å². The molecule has 0 aliphatic rings. The molecule has 0 saturated heterocycles. The Morgan fingerprint density at radius 2 is 1.91 bits per heavy atom. The molecule has 1 atom stereocenters. The number of aromatic amines is 1. The third kappa shape index (κ3) is 4.62. The van der Waals surface area contributed by atoms with Crippen molar-refractivity contribution in [3.63, 3.8) is 0 Å². The molecule has 3 N–H and O–H groups in total. The van der Waals surface area contributed by atoms with E-state index in [-0.39, 0.29) is 6.61 Å². The average molecular weight is 438 g/mol. The minimum absolute atomic E-state index is 0.184. The summed E-state index contributed by atoms with van der Waals surface area (Å²) in [6.45, 7) is 0.184. The molecule has 0 aliphatic carbocycles. The van der Waals surface area contributed by atoms with Crippen LogP contribution >= 0.6 is 0 Å². The van der Waals surface area contributed by atoms with Crippen LogP contribution in [0.25, 0.3) is 32.9 Å². The average Bonchev–Trinajstić information content (AvgIpc) is 3.25. The molecule has 5 aromatic rings. The van der Waals surface area contributed by atoms with E-state index in [2.05, 4.69) is 26.3 Å². The quantitative estimate of drug-likeness (QED) is 0.331. The van der Waals surface area contributed by atoms with Gasteiger partial charge < -0.3 is 20.1 Å². The van der Waals surface area contributed by atoms with Gasteiger partial charge in [0.1, 0.15) is 12.4 Å². The number of H-pyrrole nitrogens is 1. The van der Waals surface area contributed by atoms with Gasteiger partial charge in [-0.15, -0.1) is 0 Å². The zero-order chi connectivity index (χ0) is 22.6. The Labute approximate surface area is 190 Å². The molecule has 1 amide bonds. The van der Waals surface area contributed by atoms with Gasteiger partial charge in [0.25, 0.3) is 0 Å². The fourth-order valence-electron chi connectivity index (χ4n) is 4.00. The molecule has 7 nitrogen and oxygen atoms in total. The Hall–Kier alpha value is -4.39. The molecular weight excluding hydrogens is 416 g/mol. The van der Waals surface area contributed by atoms with Crippen LogP contribution in [0.1, 0.15) is 5.56 Å². The Balaban J connectivity index is 1.35. The van der Waals surface area contributed by atoms with Gasteiger partial charge in [-0.2, -0.15) is 0 Å². The van der Waals surface area contributed by atoms with E-state index in [9.17, 15) is 9.90 Å². The van der Waals surface area contributed by atoms with Crippen molar-refractivity contribution in [2.75, 3.05) is 6.61 Å². The molecule has 3 aromatic heterocycles. The van der Waals surface area contributed by atoms with E-state index in [0.717, 1.165) is 38.5 Å². The van der Waals surface area contributed by atoms with E-state index in [1.165, 1.54) is 0 Å². The van der Waals surface area contributed by atoms with Crippen LogP contribution in [0.4, 0.5) is 4.79 Å². The van der Waals surface area contributed by atoms with E-state index in [0.29, 0.717) is 12.2 Å². The molecule has 0 fully saturated rings. The van der Waals surface area contributed by atoms with Crippen molar-refractivity contribution in [1.29, 1.82) is 0 Å². The van der Waals surface area contributed by atoms with E-state index in [1.807, 2.05) is 60.8 Å². The van der Waals surface area contributed by atoms with Gasteiger partial charge in [0.05, 0.1) is 17.8 Å². The number of pyridine rings is 2.